The van der Waals surface area contributed by atoms with Crippen molar-refractivity contribution in [3.63, 3.8) is 0 Å². The fourth-order valence-electron chi connectivity index (χ4n) is 1.55. The van der Waals surface area contributed by atoms with Crippen molar-refractivity contribution in [1.82, 2.24) is 0 Å². The van der Waals surface area contributed by atoms with E-state index in [0.717, 1.165) is 5.56 Å². The summed E-state index contributed by atoms with van der Waals surface area (Å²) in [6.45, 7) is 8.66. The predicted molar refractivity (Wildman–Crippen MR) is 79.4 cm³/mol. The normalized spacial score (nSPS) is 13.8. The highest BCUT2D eigenvalue weighted by molar-refractivity contribution is 7.86. The molecule has 0 heterocycles. The number of aryl methyl sites for hydroxylation is 1. The molecule has 0 aliphatic heterocycles. The molecule has 0 unspecified atom stereocenters. The lowest BCUT2D eigenvalue weighted by Crippen LogP contribution is -2.34. The van der Waals surface area contributed by atoms with Crippen molar-refractivity contribution in [1.29, 1.82) is 0 Å². The number of carbonyl (C=O) groups is 1. The van der Waals surface area contributed by atoms with Crippen LogP contribution in [0.2, 0.25) is 0 Å². The molecule has 21 heavy (non-hydrogen) atoms. The van der Waals surface area contributed by atoms with Crippen LogP contribution in [0, 0.1) is 6.92 Å². The van der Waals surface area contributed by atoms with Gasteiger partial charge in [-0.15, -0.1) is 0 Å². The van der Waals surface area contributed by atoms with Crippen LogP contribution in [-0.4, -0.2) is 26.1 Å². The van der Waals surface area contributed by atoms with Gasteiger partial charge < -0.3 is 4.74 Å². The third-order valence-electron chi connectivity index (χ3n) is 2.59. The second-order valence-corrected chi connectivity index (χ2v) is 7.37. The van der Waals surface area contributed by atoms with Crippen LogP contribution in [0.1, 0.15) is 39.7 Å². The molecule has 1 aromatic rings. The first kappa shape index (κ1) is 17.7. The zero-order valence-corrected chi connectivity index (χ0v) is 13.9. The van der Waals surface area contributed by atoms with Crippen molar-refractivity contribution in [3.05, 3.63) is 29.8 Å². The summed E-state index contributed by atoms with van der Waals surface area (Å²) in [5.41, 5.74) is 0.245. The van der Waals surface area contributed by atoms with Gasteiger partial charge in [-0.25, -0.2) is 4.79 Å². The van der Waals surface area contributed by atoms with Gasteiger partial charge in [-0.1, -0.05) is 24.6 Å². The summed E-state index contributed by atoms with van der Waals surface area (Å²) in [7, 11) is -3.99. The highest BCUT2D eigenvalue weighted by Crippen LogP contribution is 2.18. The van der Waals surface area contributed by atoms with Gasteiger partial charge in [0.1, 0.15) is 5.60 Å². The van der Waals surface area contributed by atoms with Gasteiger partial charge in [-0.3, -0.25) is 4.18 Å². The number of ether oxygens (including phenoxy) is 1. The van der Waals surface area contributed by atoms with E-state index in [1.165, 1.54) is 12.1 Å². The third kappa shape index (κ3) is 5.47. The maximum absolute atomic E-state index is 12.2. The fraction of sp³-hybridized carbons (Fsp3) is 0.533. The smallest absolute Gasteiger partial charge is 0.337 e. The molecule has 0 saturated carbocycles. The summed E-state index contributed by atoms with van der Waals surface area (Å²) in [5, 5.41) is 0. The molecule has 0 bridgehead atoms. The minimum atomic E-state index is -3.99. The van der Waals surface area contributed by atoms with Gasteiger partial charge >= 0.3 is 5.97 Å². The van der Waals surface area contributed by atoms with Crippen LogP contribution in [0.15, 0.2) is 29.2 Å². The quantitative estimate of drug-likeness (QED) is 0.617. The van der Waals surface area contributed by atoms with E-state index in [2.05, 4.69) is 0 Å². The van der Waals surface area contributed by atoms with Crippen LogP contribution < -0.4 is 0 Å². The van der Waals surface area contributed by atoms with Gasteiger partial charge in [0.15, 0.2) is 6.10 Å². The predicted octanol–water partition coefficient (Wildman–Crippen LogP) is 2.82. The van der Waals surface area contributed by atoms with Crippen LogP contribution >= 0.6 is 0 Å². The molecule has 1 aromatic carbocycles. The van der Waals surface area contributed by atoms with E-state index in [4.69, 9.17) is 8.92 Å². The zero-order valence-electron chi connectivity index (χ0n) is 13.0. The summed E-state index contributed by atoms with van der Waals surface area (Å²) in [6.07, 6.45) is -0.935. The second-order valence-electron chi connectivity index (χ2n) is 5.79. The molecule has 1 rings (SSSR count). The Hall–Kier alpha value is -1.40. The van der Waals surface area contributed by atoms with Gasteiger partial charge in [-0.2, -0.15) is 8.42 Å². The van der Waals surface area contributed by atoms with Gasteiger partial charge in [0.2, 0.25) is 0 Å². The third-order valence-corrected chi connectivity index (χ3v) is 3.93. The number of benzene rings is 1. The summed E-state index contributed by atoms with van der Waals surface area (Å²) in [6, 6.07) is 6.24. The molecule has 118 valence electrons. The largest absolute Gasteiger partial charge is 0.458 e. The maximum Gasteiger partial charge on any atom is 0.337 e. The minimum Gasteiger partial charge on any atom is -0.458 e. The van der Waals surface area contributed by atoms with Crippen molar-refractivity contribution in [2.45, 2.75) is 57.6 Å². The monoisotopic (exact) mass is 314 g/mol. The molecule has 0 fully saturated rings. The van der Waals surface area contributed by atoms with Crippen molar-refractivity contribution in [2.24, 2.45) is 0 Å². The Morgan fingerprint density at radius 3 is 2.14 bits per heavy atom. The molecule has 0 spiro atoms. The van der Waals surface area contributed by atoms with E-state index >= 15 is 0 Å². The highest BCUT2D eigenvalue weighted by atomic mass is 32.2. The summed E-state index contributed by atoms with van der Waals surface area (Å²) in [4.78, 5) is 12.0. The Bertz CT molecular complexity index is 581. The Morgan fingerprint density at radius 2 is 1.71 bits per heavy atom. The zero-order chi connectivity index (χ0) is 16.3. The Kier molecular flexibility index (Phi) is 5.53. The van der Waals surface area contributed by atoms with Crippen LogP contribution in [0.25, 0.3) is 0 Å². The fourth-order valence-corrected chi connectivity index (χ4v) is 2.66. The van der Waals surface area contributed by atoms with Gasteiger partial charge in [0.05, 0.1) is 4.90 Å². The van der Waals surface area contributed by atoms with Gasteiger partial charge in [0, 0.05) is 0 Å². The lowest BCUT2D eigenvalue weighted by molar-refractivity contribution is -0.163. The van der Waals surface area contributed by atoms with Crippen LogP contribution in [-0.2, 0) is 23.8 Å². The van der Waals surface area contributed by atoms with Crippen molar-refractivity contribution in [3.8, 4) is 0 Å². The second kappa shape index (κ2) is 6.58. The van der Waals surface area contributed by atoms with E-state index in [-0.39, 0.29) is 11.3 Å². The molecule has 6 heteroatoms. The number of esters is 1. The summed E-state index contributed by atoms with van der Waals surface area (Å²) >= 11 is 0. The van der Waals surface area contributed by atoms with Crippen molar-refractivity contribution < 1.29 is 22.1 Å². The summed E-state index contributed by atoms with van der Waals surface area (Å²) < 4.78 is 34.5. The van der Waals surface area contributed by atoms with E-state index in [1.807, 2.05) is 6.92 Å². The summed E-state index contributed by atoms with van der Waals surface area (Å²) in [5.74, 6) is -0.680. The lowest BCUT2D eigenvalue weighted by atomic mass is 10.2. The SMILES string of the molecule is CC[C@H](OS(=O)(=O)c1ccc(C)cc1)C(=O)OC(C)(C)C. The first-order chi connectivity index (χ1) is 9.55. The average Bonchev–Trinajstić information content (AvgIpc) is 2.34. The molecular weight excluding hydrogens is 292 g/mol. The van der Waals surface area contributed by atoms with Crippen LogP contribution in [0.4, 0.5) is 0 Å². The molecule has 0 aliphatic carbocycles. The standard InChI is InChI=1S/C15H22O5S/c1-6-13(14(16)19-15(3,4)5)20-21(17,18)12-9-7-11(2)8-10-12/h7-10,13H,6H2,1-5H3/t13-/m0/s1. The maximum atomic E-state index is 12.2. The van der Waals surface area contributed by atoms with Crippen molar-refractivity contribution >= 4 is 16.1 Å². The Labute approximate surface area is 126 Å². The molecule has 0 aliphatic rings. The first-order valence-electron chi connectivity index (χ1n) is 6.78. The molecule has 5 nitrogen and oxygen atoms in total. The first-order valence-corrected chi connectivity index (χ1v) is 8.19. The van der Waals surface area contributed by atoms with E-state index in [9.17, 15) is 13.2 Å². The van der Waals surface area contributed by atoms with Crippen LogP contribution in [0.3, 0.4) is 0 Å². The van der Waals surface area contributed by atoms with Crippen molar-refractivity contribution in [2.75, 3.05) is 0 Å². The molecule has 1 atom stereocenters. The van der Waals surface area contributed by atoms with E-state index < -0.39 is 27.8 Å². The molecule has 0 N–H and O–H groups in total. The molecule has 0 amide bonds. The molecule has 0 radical (unpaired) electrons. The number of carbonyl (C=O) groups excluding carboxylic acids is 1. The number of hydrogen-bond donors (Lipinski definition) is 0. The molecular formula is C15H22O5S. The Morgan fingerprint density at radius 1 is 1.19 bits per heavy atom. The highest BCUT2D eigenvalue weighted by Gasteiger charge is 2.30. The average molecular weight is 314 g/mol. The van der Waals surface area contributed by atoms with Gasteiger partial charge in [0.25, 0.3) is 10.1 Å². The minimum absolute atomic E-state index is 0.0232. The number of hydrogen-bond acceptors (Lipinski definition) is 5. The molecule has 0 aromatic heterocycles. The van der Waals surface area contributed by atoms with Crippen LogP contribution in [0.5, 0.6) is 0 Å². The lowest BCUT2D eigenvalue weighted by Gasteiger charge is -2.23. The van der Waals surface area contributed by atoms with Gasteiger partial charge in [-0.05, 0) is 46.2 Å². The van der Waals surface area contributed by atoms with E-state index in [0.29, 0.717) is 0 Å². The Balaban J connectivity index is 2.90. The molecule has 0 saturated heterocycles. The number of rotatable bonds is 5. The topological polar surface area (TPSA) is 69.7 Å². The van der Waals surface area contributed by atoms with E-state index in [1.54, 1.807) is 39.8 Å².